The summed E-state index contributed by atoms with van der Waals surface area (Å²) in [6.45, 7) is 7.00. The first kappa shape index (κ1) is 17.3. The van der Waals surface area contributed by atoms with Gasteiger partial charge in [-0.2, -0.15) is 5.10 Å². The largest absolute Gasteiger partial charge is 0.483 e. The summed E-state index contributed by atoms with van der Waals surface area (Å²) in [6.07, 6.45) is 0. The Kier molecular flexibility index (Phi) is 4.12. The maximum absolute atomic E-state index is 14.3. The number of nitrogens with zero attached hydrogens (tertiary/aromatic N) is 2. The van der Waals surface area contributed by atoms with E-state index in [4.69, 9.17) is 4.74 Å². The van der Waals surface area contributed by atoms with Gasteiger partial charge in [0.25, 0.3) is 0 Å². The molecule has 1 saturated heterocycles. The quantitative estimate of drug-likeness (QED) is 0.763. The van der Waals surface area contributed by atoms with Crippen molar-refractivity contribution in [3.8, 4) is 16.9 Å². The molecule has 1 atom stereocenters. The lowest BCUT2D eigenvalue weighted by atomic mass is 9.98. The Bertz CT molecular complexity index is 956. The summed E-state index contributed by atoms with van der Waals surface area (Å²) in [5, 5.41) is 11.3. The molecule has 28 heavy (non-hydrogen) atoms. The van der Waals surface area contributed by atoms with Gasteiger partial charge in [0.1, 0.15) is 18.2 Å². The number of anilines is 2. The van der Waals surface area contributed by atoms with Crippen molar-refractivity contribution < 1.29 is 9.13 Å². The molecule has 3 aliphatic rings. The van der Waals surface area contributed by atoms with Crippen molar-refractivity contribution in [2.75, 3.05) is 36.5 Å². The van der Waals surface area contributed by atoms with Crippen molar-refractivity contribution in [2.24, 2.45) is 5.10 Å². The number of rotatable bonds is 3. The molecule has 3 aliphatic heterocycles. The van der Waals surface area contributed by atoms with Gasteiger partial charge in [0.2, 0.25) is 0 Å². The van der Waals surface area contributed by atoms with Gasteiger partial charge in [-0.3, -0.25) is 0 Å². The molecule has 3 N–H and O–H groups in total. The van der Waals surface area contributed by atoms with Crippen LogP contribution in [0.25, 0.3) is 11.1 Å². The van der Waals surface area contributed by atoms with Crippen molar-refractivity contribution >= 4 is 17.2 Å². The second kappa shape index (κ2) is 6.67. The van der Waals surface area contributed by atoms with Crippen molar-refractivity contribution in [1.82, 2.24) is 10.7 Å². The Hall–Kier alpha value is -2.80. The van der Waals surface area contributed by atoms with Crippen LogP contribution in [-0.4, -0.2) is 44.2 Å². The van der Waals surface area contributed by atoms with Gasteiger partial charge in [-0.1, -0.05) is 12.1 Å². The molecule has 0 amide bonds. The smallest absolute Gasteiger partial charge is 0.167 e. The molecule has 1 fully saturated rings. The Balaban J connectivity index is 1.63. The molecule has 0 radical (unpaired) electrons. The molecule has 2 aromatic rings. The van der Waals surface area contributed by atoms with E-state index in [0.717, 1.165) is 53.7 Å². The minimum Gasteiger partial charge on any atom is -0.483 e. The van der Waals surface area contributed by atoms with Gasteiger partial charge < -0.3 is 25.7 Å². The lowest BCUT2D eigenvalue weighted by Crippen LogP contribution is -2.53. The number of amidine groups is 1. The standard InChI is InChI=1S/C21H24FN5O/c1-12-3-4-14(5-17(12)22)16-6-20-19(7-18(16)25-15-9-23-10-15)27-13(2)8-24-26-21(27)11-28-20/h3-7,13,15,23-25H,8-11H2,1-2H3. The summed E-state index contributed by atoms with van der Waals surface area (Å²) >= 11 is 0. The van der Waals surface area contributed by atoms with E-state index in [1.807, 2.05) is 18.2 Å². The molecule has 6 nitrogen and oxygen atoms in total. The third-order valence-corrected chi connectivity index (χ3v) is 5.65. The topological polar surface area (TPSA) is 60.9 Å². The van der Waals surface area contributed by atoms with Gasteiger partial charge in [-0.25, -0.2) is 4.39 Å². The van der Waals surface area contributed by atoms with Crippen molar-refractivity contribution in [3.05, 3.63) is 41.7 Å². The minimum atomic E-state index is -0.197. The number of hydrogen-bond acceptors (Lipinski definition) is 6. The zero-order chi connectivity index (χ0) is 19.3. The number of benzene rings is 2. The van der Waals surface area contributed by atoms with Crippen LogP contribution in [0.3, 0.4) is 0 Å². The maximum Gasteiger partial charge on any atom is 0.167 e. The second-order valence-corrected chi connectivity index (χ2v) is 7.73. The fourth-order valence-corrected chi connectivity index (χ4v) is 3.89. The van der Waals surface area contributed by atoms with E-state index >= 15 is 0 Å². The lowest BCUT2D eigenvalue weighted by Gasteiger charge is -2.40. The van der Waals surface area contributed by atoms with Crippen molar-refractivity contribution in [2.45, 2.75) is 25.9 Å². The summed E-state index contributed by atoms with van der Waals surface area (Å²) in [4.78, 5) is 2.24. The van der Waals surface area contributed by atoms with Crippen LogP contribution in [0.2, 0.25) is 0 Å². The van der Waals surface area contributed by atoms with Crippen LogP contribution in [-0.2, 0) is 0 Å². The van der Waals surface area contributed by atoms with E-state index in [-0.39, 0.29) is 11.9 Å². The average Bonchev–Trinajstić information content (AvgIpc) is 2.66. The van der Waals surface area contributed by atoms with E-state index in [1.54, 1.807) is 13.0 Å². The van der Waals surface area contributed by atoms with Crippen LogP contribution in [0.4, 0.5) is 15.8 Å². The maximum atomic E-state index is 14.3. The number of hydrazone groups is 1. The zero-order valence-electron chi connectivity index (χ0n) is 16.1. The summed E-state index contributed by atoms with van der Waals surface area (Å²) < 4.78 is 20.3. The predicted molar refractivity (Wildman–Crippen MR) is 110 cm³/mol. The van der Waals surface area contributed by atoms with Gasteiger partial charge in [0, 0.05) is 24.3 Å². The van der Waals surface area contributed by atoms with Crippen LogP contribution < -0.4 is 25.7 Å². The molecule has 0 saturated carbocycles. The minimum absolute atomic E-state index is 0.197. The normalized spacial score (nSPS) is 20.9. The molecule has 0 bridgehead atoms. The highest BCUT2D eigenvalue weighted by Crippen LogP contribution is 2.43. The molecular weight excluding hydrogens is 357 g/mol. The first-order valence-electron chi connectivity index (χ1n) is 9.73. The number of hydrogen-bond donors (Lipinski definition) is 3. The highest BCUT2D eigenvalue weighted by atomic mass is 19.1. The Labute approximate surface area is 163 Å². The third-order valence-electron chi connectivity index (χ3n) is 5.65. The third kappa shape index (κ3) is 2.86. The second-order valence-electron chi connectivity index (χ2n) is 7.73. The van der Waals surface area contributed by atoms with Crippen molar-refractivity contribution in [3.63, 3.8) is 0 Å². The van der Waals surface area contributed by atoms with E-state index < -0.39 is 0 Å². The van der Waals surface area contributed by atoms with E-state index in [0.29, 0.717) is 18.2 Å². The summed E-state index contributed by atoms with van der Waals surface area (Å²) in [5.74, 6) is 1.50. The van der Waals surface area contributed by atoms with Crippen LogP contribution >= 0.6 is 0 Å². The molecule has 146 valence electrons. The number of halogens is 1. The van der Waals surface area contributed by atoms with Gasteiger partial charge in [0.15, 0.2) is 5.84 Å². The summed E-state index contributed by atoms with van der Waals surface area (Å²) in [5.41, 5.74) is 7.51. The molecule has 0 aromatic heterocycles. The highest BCUT2D eigenvalue weighted by Gasteiger charge is 2.32. The van der Waals surface area contributed by atoms with Gasteiger partial charge in [-0.15, -0.1) is 0 Å². The number of fused-ring (bicyclic) bond motifs is 3. The SMILES string of the molecule is Cc1ccc(-c2cc3c(cc2NC2CNC2)N2C(=NNCC2C)CO3)cc1F. The Morgan fingerprint density at radius 1 is 1.21 bits per heavy atom. The summed E-state index contributed by atoms with van der Waals surface area (Å²) in [6, 6.07) is 10.2. The zero-order valence-corrected chi connectivity index (χ0v) is 16.1. The van der Waals surface area contributed by atoms with Gasteiger partial charge >= 0.3 is 0 Å². The lowest BCUT2D eigenvalue weighted by molar-refractivity contribution is 0.356. The number of aryl methyl sites for hydroxylation is 1. The molecule has 5 rings (SSSR count). The first-order chi connectivity index (χ1) is 13.6. The fraction of sp³-hybridized carbons (Fsp3) is 0.381. The van der Waals surface area contributed by atoms with E-state index in [1.165, 1.54) is 0 Å². The van der Waals surface area contributed by atoms with Crippen LogP contribution in [0.15, 0.2) is 35.4 Å². The van der Waals surface area contributed by atoms with Crippen LogP contribution in [0, 0.1) is 12.7 Å². The van der Waals surface area contributed by atoms with Gasteiger partial charge in [-0.05, 0) is 43.2 Å². The number of nitrogens with one attached hydrogen (secondary N) is 3. The molecule has 0 aliphatic carbocycles. The molecule has 2 aromatic carbocycles. The Morgan fingerprint density at radius 2 is 2.07 bits per heavy atom. The molecular formula is C21H24FN5O. The predicted octanol–water partition coefficient (Wildman–Crippen LogP) is 2.69. The monoisotopic (exact) mass is 381 g/mol. The Morgan fingerprint density at radius 3 is 2.82 bits per heavy atom. The van der Waals surface area contributed by atoms with Crippen LogP contribution in [0.1, 0.15) is 12.5 Å². The molecule has 3 heterocycles. The summed E-state index contributed by atoms with van der Waals surface area (Å²) in [7, 11) is 0. The van der Waals surface area contributed by atoms with Gasteiger partial charge in [0.05, 0.1) is 24.3 Å². The molecule has 0 spiro atoms. The van der Waals surface area contributed by atoms with Crippen molar-refractivity contribution in [1.29, 1.82) is 0 Å². The fourth-order valence-electron chi connectivity index (χ4n) is 3.89. The molecule has 7 heteroatoms. The number of ether oxygens (including phenoxy) is 1. The van der Waals surface area contributed by atoms with E-state index in [9.17, 15) is 4.39 Å². The van der Waals surface area contributed by atoms with Crippen LogP contribution in [0.5, 0.6) is 5.75 Å². The van der Waals surface area contributed by atoms with E-state index in [2.05, 4.69) is 39.1 Å². The first-order valence-corrected chi connectivity index (χ1v) is 9.73. The average molecular weight is 381 g/mol. The molecule has 1 unspecified atom stereocenters. The highest BCUT2D eigenvalue weighted by molar-refractivity contribution is 6.04.